The van der Waals surface area contributed by atoms with Crippen molar-refractivity contribution in [3.63, 3.8) is 0 Å². The van der Waals surface area contributed by atoms with Crippen molar-refractivity contribution in [3.8, 4) is 0 Å². The third-order valence-corrected chi connectivity index (χ3v) is 6.55. The highest BCUT2D eigenvalue weighted by Gasteiger charge is 2.33. The number of aliphatic hydroxyl groups is 3. The number of aliphatic carboxylic acids is 1. The number of H-pyrrole nitrogens is 1. The van der Waals surface area contributed by atoms with Gasteiger partial charge in [0.2, 0.25) is 35.4 Å². The molecule has 1 aromatic rings. The van der Waals surface area contributed by atoms with Crippen LogP contribution in [0.4, 0.5) is 0 Å². The number of nitrogens with two attached hydrogens (primary N) is 1. The van der Waals surface area contributed by atoms with Crippen molar-refractivity contribution >= 4 is 41.4 Å². The van der Waals surface area contributed by atoms with Crippen LogP contribution in [0.3, 0.4) is 0 Å². The Balaban J connectivity index is 3.05. The number of hydrogen-bond acceptors (Lipinski definition) is 12. The second-order valence-electron chi connectivity index (χ2n) is 11.1. The molecular weight excluding hydrogens is 626 g/mol. The van der Waals surface area contributed by atoms with E-state index < -0.39 is 104 Å². The molecule has 1 rings (SSSR count). The fourth-order valence-corrected chi connectivity index (χ4v) is 3.90. The van der Waals surface area contributed by atoms with E-state index in [9.17, 15) is 54.0 Å². The quantitative estimate of drug-likeness (QED) is 0.0616. The molecule has 47 heavy (non-hydrogen) atoms. The second-order valence-corrected chi connectivity index (χ2v) is 11.1. The van der Waals surface area contributed by atoms with E-state index in [0.717, 1.165) is 0 Å². The smallest absolute Gasteiger partial charge is 0.328 e. The van der Waals surface area contributed by atoms with Gasteiger partial charge in [0.05, 0.1) is 32.2 Å². The lowest BCUT2D eigenvalue weighted by Crippen LogP contribution is -2.61. The van der Waals surface area contributed by atoms with Crippen molar-refractivity contribution in [2.45, 2.75) is 82.8 Å². The third kappa shape index (κ3) is 13.7. The average molecular weight is 672 g/mol. The number of aliphatic hydroxyl groups excluding tert-OH is 3. The number of carboxylic acids is 1. The molecule has 0 fully saturated rings. The maximum atomic E-state index is 13.4. The first-order valence-corrected chi connectivity index (χ1v) is 14.6. The summed E-state index contributed by atoms with van der Waals surface area (Å²) in [4.78, 5) is 94.3. The summed E-state index contributed by atoms with van der Waals surface area (Å²) in [7, 11) is 0. The molecule has 20 nitrogen and oxygen atoms in total. The van der Waals surface area contributed by atoms with E-state index in [0.29, 0.717) is 5.69 Å². The van der Waals surface area contributed by atoms with Crippen LogP contribution in [-0.2, 0) is 40.0 Å². The van der Waals surface area contributed by atoms with Gasteiger partial charge >= 0.3 is 5.97 Å². The Morgan fingerprint density at radius 2 is 1.13 bits per heavy atom. The number of carbonyl (C=O) groups excluding carboxylic acids is 6. The fourth-order valence-electron chi connectivity index (χ4n) is 3.90. The molecule has 264 valence electrons. The Morgan fingerprint density at radius 1 is 0.681 bits per heavy atom. The first-order chi connectivity index (χ1) is 22.0. The fraction of sp³-hybridized carbons (Fsp3) is 0.630. The predicted octanol–water partition coefficient (Wildman–Crippen LogP) is -5.66. The summed E-state index contributed by atoms with van der Waals surface area (Å²) in [5, 5.41) is 51.7. The van der Waals surface area contributed by atoms with Crippen molar-refractivity contribution in [3.05, 3.63) is 18.2 Å². The normalized spacial score (nSPS) is 15.5. The van der Waals surface area contributed by atoms with E-state index in [2.05, 4.69) is 41.9 Å². The van der Waals surface area contributed by atoms with Crippen molar-refractivity contribution in [1.29, 1.82) is 0 Å². The van der Waals surface area contributed by atoms with Crippen molar-refractivity contribution in [2.75, 3.05) is 19.8 Å². The molecule has 0 aromatic carbocycles. The molecule has 0 aliphatic carbocycles. The van der Waals surface area contributed by atoms with Crippen LogP contribution < -0.4 is 37.6 Å². The summed E-state index contributed by atoms with van der Waals surface area (Å²) in [6, 6.07) is -9.66. The maximum Gasteiger partial charge on any atom is 0.328 e. The Bertz CT molecular complexity index is 1230. The molecule has 7 atom stereocenters. The number of rotatable bonds is 20. The number of amides is 6. The molecule has 0 saturated heterocycles. The van der Waals surface area contributed by atoms with Gasteiger partial charge in [0, 0.05) is 18.3 Å². The van der Waals surface area contributed by atoms with Crippen LogP contribution in [0.2, 0.25) is 0 Å². The molecule has 0 bridgehead atoms. The number of imidazole rings is 1. The lowest BCUT2D eigenvalue weighted by atomic mass is 10.0. The number of aromatic amines is 1. The van der Waals surface area contributed by atoms with Crippen LogP contribution in [0.15, 0.2) is 12.5 Å². The van der Waals surface area contributed by atoms with Crippen LogP contribution >= 0.6 is 0 Å². The number of carbonyl (C=O) groups is 7. The van der Waals surface area contributed by atoms with Gasteiger partial charge in [-0.25, -0.2) is 9.78 Å². The molecule has 6 amide bonds. The Labute approximate surface area is 270 Å². The molecular formula is C27H45N9O11. The lowest BCUT2D eigenvalue weighted by Gasteiger charge is -2.27. The van der Waals surface area contributed by atoms with E-state index in [1.807, 2.05) is 0 Å². The van der Waals surface area contributed by atoms with Crippen molar-refractivity contribution < 1.29 is 54.0 Å². The molecule has 0 radical (unpaired) electrons. The molecule has 0 unspecified atom stereocenters. The standard InChI is InChI=1S/C27H45N9O11/c1-12(2)5-16(23(42)33-17(6-15-7-29-11-30-15)24(43)36-20(10-39)27(46)47)32-25(44)19(9-38)35-26(45)18(8-37)34-22(41)14(4)31-21(40)13(3)28/h7,11-14,16-20,37-39H,5-6,8-10,28H2,1-4H3,(H,29,30)(H,31,40)(H,32,44)(H,33,42)(H,34,41)(H,35,45)(H,36,43)(H,46,47)/t13-,14-,16-,17-,18-,19-,20-/m0/s1. The van der Waals surface area contributed by atoms with Crippen LogP contribution in [-0.4, -0.2) is 134 Å². The van der Waals surface area contributed by atoms with Gasteiger partial charge in [0.25, 0.3) is 0 Å². The van der Waals surface area contributed by atoms with Gasteiger partial charge in [0.1, 0.15) is 36.3 Å². The third-order valence-electron chi connectivity index (χ3n) is 6.55. The van der Waals surface area contributed by atoms with E-state index >= 15 is 0 Å². The number of nitrogens with one attached hydrogen (secondary N) is 7. The van der Waals surface area contributed by atoms with E-state index in [-0.39, 0.29) is 18.8 Å². The molecule has 0 aliphatic heterocycles. The number of nitrogens with zero attached hydrogens (tertiary/aromatic N) is 1. The Kier molecular flexibility index (Phi) is 17.0. The van der Waals surface area contributed by atoms with E-state index in [4.69, 9.17) is 5.73 Å². The van der Waals surface area contributed by atoms with Crippen LogP contribution in [0.5, 0.6) is 0 Å². The molecule has 20 heteroatoms. The number of hydrogen-bond donors (Lipinski definition) is 12. The zero-order chi connectivity index (χ0) is 35.8. The molecule has 13 N–H and O–H groups in total. The monoisotopic (exact) mass is 671 g/mol. The minimum absolute atomic E-state index is 0.0246. The first-order valence-electron chi connectivity index (χ1n) is 14.6. The first kappa shape index (κ1) is 40.4. The van der Waals surface area contributed by atoms with Crippen LogP contribution in [0.25, 0.3) is 0 Å². The van der Waals surface area contributed by atoms with Crippen LogP contribution in [0.1, 0.15) is 39.8 Å². The largest absolute Gasteiger partial charge is 0.480 e. The molecule has 0 aliphatic rings. The summed E-state index contributed by atoms with van der Waals surface area (Å²) in [5.74, 6) is -7.12. The zero-order valence-electron chi connectivity index (χ0n) is 26.5. The Hall–Kier alpha value is -4.66. The Morgan fingerprint density at radius 3 is 1.57 bits per heavy atom. The molecule has 0 spiro atoms. The van der Waals surface area contributed by atoms with Gasteiger partial charge in [-0.1, -0.05) is 13.8 Å². The minimum atomic E-state index is -1.66. The van der Waals surface area contributed by atoms with E-state index in [1.54, 1.807) is 13.8 Å². The van der Waals surface area contributed by atoms with Crippen molar-refractivity contribution in [2.24, 2.45) is 11.7 Å². The summed E-state index contributed by atoms with van der Waals surface area (Å²) in [6.07, 6.45) is 2.54. The van der Waals surface area contributed by atoms with Crippen molar-refractivity contribution in [1.82, 2.24) is 41.9 Å². The SMILES string of the molecule is CC(C)C[C@H](NC(=O)[C@H](CO)NC(=O)[C@H](CO)NC(=O)[C@H](C)NC(=O)[C@H](C)N)C(=O)N[C@@H](Cc1cnc[nH]1)C(=O)N[C@@H](CO)C(=O)O. The molecule has 1 aromatic heterocycles. The van der Waals surface area contributed by atoms with Gasteiger partial charge in [0.15, 0.2) is 0 Å². The summed E-state index contributed by atoms with van der Waals surface area (Å²) < 4.78 is 0. The van der Waals surface area contributed by atoms with Gasteiger partial charge in [-0.2, -0.15) is 0 Å². The lowest BCUT2D eigenvalue weighted by molar-refractivity contribution is -0.143. The number of carboxylic acid groups (broad SMARTS) is 1. The highest BCUT2D eigenvalue weighted by atomic mass is 16.4. The topological polar surface area (TPSA) is 327 Å². The van der Waals surface area contributed by atoms with Gasteiger partial charge in [-0.05, 0) is 26.2 Å². The predicted molar refractivity (Wildman–Crippen MR) is 162 cm³/mol. The second kappa shape index (κ2) is 19.8. The summed E-state index contributed by atoms with van der Waals surface area (Å²) in [5.41, 5.74) is 5.84. The molecule has 0 saturated carbocycles. The molecule has 1 heterocycles. The summed E-state index contributed by atoms with van der Waals surface area (Å²) >= 11 is 0. The highest BCUT2D eigenvalue weighted by molar-refractivity contribution is 5.97. The van der Waals surface area contributed by atoms with Gasteiger partial charge < -0.3 is 63.0 Å². The van der Waals surface area contributed by atoms with Crippen LogP contribution in [0, 0.1) is 5.92 Å². The van der Waals surface area contributed by atoms with E-state index in [1.165, 1.54) is 26.4 Å². The highest BCUT2D eigenvalue weighted by Crippen LogP contribution is 2.08. The zero-order valence-corrected chi connectivity index (χ0v) is 26.5. The average Bonchev–Trinajstić information content (AvgIpc) is 3.52. The minimum Gasteiger partial charge on any atom is -0.480 e. The summed E-state index contributed by atoms with van der Waals surface area (Å²) in [6.45, 7) is 3.38. The maximum absolute atomic E-state index is 13.4. The number of aromatic nitrogens is 2. The van der Waals surface area contributed by atoms with Gasteiger partial charge in [-0.3, -0.25) is 28.8 Å². The van der Waals surface area contributed by atoms with Gasteiger partial charge in [-0.15, -0.1) is 0 Å².